The molecule has 0 spiro atoms. The molecule has 0 radical (unpaired) electrons. The van der Waals surface area contributed by atoms with Crippen molar-refractivity contribution in [2.75, 3.05) is 12.5 Å². The summed E-state index contributed by atoms with van der Waals surface area (Å²) in [5, 5.41) is 0. The van der Waals surface area contributed by atoms with Crippen molar-refractivity contribution in [1.82, 2.24) is 9.66 Å². The summed E-state index contributed by atoms with van der Waals surface area (Å²) in [4.78, 5) is 4.98. The summed E-state index contributed by atoms with van der Waals surface area (Å²) in [7, 11) is 1.96. The Kier molecular flexibility index (Phi) is 10.9. The summed E-state index contributed by atoms with van der Waals surface area (Å²) in [5.74, 6) is 4.19. The van der Waals surface area contributed by atoms with Gasteiger partial charge in [-0.15, -0.1) is 0 Å². The van der Waals surface area contributed by atoms with Crippen molar-refractivity contribution in [3.05, 3.63) is 46.8 Å². The first kappa shape index (κ1) is 26.8. The molecule has 0 bridgehead atoms. The Morgan fingerprint density at radius 3 is 2.03 bits per heavy atom. The molecule has 174 valence electrons. The van der Waals surface area contributed by atoms with Gasteiger partial charge in [0, 0.05) is 12.6 Å². The Balaban J connectivity index is 0.000000703. The zero-order chi connectivity index (χ0) is 23.7. The van der Waals surface area contributed by atoms with E-state index in [0.717, 1.165) is 59.5 Å². The van der Waals surface area contributed by atoms with E-state index < -0.39 is 0 Å². The molecule has 1 N–H and O–H groups in total. The molecular formula is C27H45N3O. The lowest BCUT2D eigenvalue weighted by atomic mass is 9.92. The normalized spacial score (nSPS) is 12.1. The lowest BCUT2D eigenvalue weighted by molar-refractivity contribution is 0.503. The van der Waals surface area contributed by atoms with E-state index in [4.69, 9.17) is 9.40 Å². The van der Waals surface area contributed by atoms with E-state index in [1.807, 2.05) is 27.8 Å². The van der Waals surface area contributed by atoms with E-state index in [9.17, 15) is 0 Å². The molecule has 0 aliphatic carbocycles. The highest BCUT2D eigenvalue weighted by Gasteiger charge is 2.25. The molecule has 0 saturated carbocycles. The predicted octanol–water partition coefficient (Wildman–Crippen LogP) is 8.00. The Labute approximate surface area is 190 Å². The van der Waals surface area contributed by atoms with Crippen molar-refractivity contribution in [3.63, 3.8) is 0 Å². The van der Waals surface area contributed by atoms with Gasteiger partial charge in [0.15, 0.2) is 5.82 Å². The van der Waals surface area contributed by atoms with Gasteiger partial charge >= 0.3 is 0 Å². The Bertz CT molecular complexity index is 877. The molecule has 0 aliphatic rings. The van der Waals surface area contributed by atoms with Crippen molar-refractivity contribution < 1.29 is 4.42 Å². The van der Waals surface area contributed by atoms with Crippen LogP contribution < -0.4 is 5.43 Å². The van der Waals surface area contributed by atoms with Crippen molar-refractivity contribution >= 4 is 5.57 Å². The van der Waals surface area contributed by atoms with Crippen LogP contribution in [0.5, 0.6) is 0 Å². The number of furan rings is 1. The SMILES string of the molecule is C/C=C/C(C)C.CC/C=C(\c1nc(C)c(-c2c(C)oc(C)c2C)n1NC)C(CC)CC. The van der Waals surface area contributed by atoms with E-state index in [2.05, 4.69) is 76.8 Å². The van der Waals surface area contributed by atoms with E-state index in [1.165, 1.54) is 11.1 Å². The predicted molar refractivity (Wildman–Crippen MR) is 136 cm³/mol. The number of aromatic nitrogens is 2. The quantitative estimate of drug-likeness (QED) is 0.434. The molecule has 0 aromatic carbocycles. The second kappa shape index (κ2) is 12.6. The summed E-state index contributed by atoms with van der Waals surface area (Å²) in [6, 6.07) is 0. The number of aryl methyl sites for hydroxylation is 3. The zero-order valence-corrected chi connectivity index (χ0v) is 21.8. The smallest absolute Gasteiger partial charge is 0.155 e. The van der Waals surface area contributed by atoms with Crippen LogP contribution in [0.2, 0.25) is 0 Å². The third-order valence-corrected chi connectivity index (χ3v) is 5.76. The first-order valence-corrected chi connectivity index (χ1v) is 11.8. The highest BCUT2D eigenvalue weighted by Crippen LogP contribution is 2.37. The topological polar surface area (TPSA) is 43.0 Å². The number of allylic oxidation sites excluding steroid dienone is 4. The highest BCUT2D eigenvalue weighted by molar-refractivity contribution is 5.74. The van der Waals surface area contributed by atoms with Gasteiger partial charge in [0.25, 0.3) is 0 Å². The minimum atomic E-state index is 0.523. The summed E-state index contributed by atoms with van der Waals surface area (Å²) in [6.45, 7) is 21.3. The third-order valence-electron chi connectivity index (χ3n) is 5.76. The number of hydrogen-bond acceptors (Lipinski definition) is 3. The van der Waals surface area contributed by atoms with Crippen LogP contribution in [-0.4, -0.2) is 16.7 Å². The molecule has 0 unspecified atom stereocenters. The van der Waals surface area contributed by atoms with Crippen LogP contribution in [0.1, 0.15) is 89.4 Å². The molecule has 0 saturated heterocycles. The van der Waals surface area contributed by atoms with E-state index in [1.54, 1.807) is 0 Å². The van der Waals surface area contributed by atoms with E-state index in [0.29, 0.717) is 5.92 Å². The Morgan fingerprint density at radius 1 is 1.06 bits per heavy atom. The molecule has 0 atom stereocenters. The van der Waals surface area contributed by atoms with Crippen LogP contribution in [0.3, 0.4) is 0 Å². The van der Waals surface area contributed by atoms with Crippen molar-refractivity contribution in [2.24, 2.45) is 11.8 Å². The van der Waals surface area contributed by atoms with Crippen LogP contribution in [0.4, 0.5) is 0 Å². The summed E-state index contributed by atoms with van der Waals surface area (Å²) < 4.78 is 8.02. The van der Waals surface area contributed by atoms with Crippen LogP contribution >= 0.6 is 0 Å². The van der Waals surface area contributed by atoms with Gasteiger partial charge in [0.05, 0.1) is 11.4 Å². The molecule has 31 heavy (non-hydrogen) atoms. The minimum absolute atomic E-state index is 0.523. The summed E-state index contributed by atoms with van der Waals surface area (Å²) in [5.41, 5.74) is 9.18. The van der Waals surface area contributed by atoms with Crippen LogP contribution in [0, 0.1) is 39.5 Å². The van der Waals surface area contributed by atoms with Gasteiger partial charge in [0.1, 0.15) is 11.5 Å². The monoisotopic (exact) mass is 427 g/mol. The van der Waals surface area contributed by atoms with Crippen LogP contribution in [0.25, 0.3) is 16.8 Å². The molecule has 4 heteroatoms. The van der Waals surface area contributed by atoms with Crippen LogP contribution in [-0.2, 0) is 0 Å². The van der Waals surface area contributed by atoms with Gasteiger partial charge in [-0.3, -0.25) is 0 Å². The number of imidazole rings is 1. The molecule has 2 heterocycles. The van der Waals surface area contributed by atoms with Gasteiger partial charge in [0.2, 0.25) is 0 Å². The van der Waals surface area contributed by atoms with Crippen molar-refractivity contribution in [1.29, 1.82) is 0 Å². The van der Waals surface area contributed by atoms with Gasteiger partial charge < -0.3 is 9.84 Å². The highest BCUT2D eigenvalue weighted by atomic mass is 16.3. The number of nitrogens with zero attached hydrogens (tertiary/aromatic N) is 2. The van der Waals surface area contributed by atoms with Gasteiger partial charge in [-0.2, -0.15) is 0 Å². The van der Waals surface area contributed by atoms with E-state index >= 15 is 0 Å². The molecular weight excluding hydrogens is 382 g/mol. The maximum Gasteiger partial charge on any atom is 0.155 e. The fourth-order valence-electron chi connectivity index (χ4n) is 4.15. The lowest BCUT2D eigenvalue weighted by Crippen LogP contribution is -2.17. The average molecular weight is 428 g/mol. The first-order chi connectivity index (χ1) is 14.7. The number of hydrogen-bond donors (Lipinski definition) is 1. The maximum absolute atomic E-state index is 5.88. The molecule has 2 aromatic rings. The maximum atomic E-state index is 5.88. The number of nitrogens with one attached hydrogen (secondary N) is 1. The second-order valence-corrected chi connectivity index (χ2v) is 8.49. The number of rotatable bonds is 8. The standard InChI is InChI=1S/C21H33N3O.C6H12/c1-9-12-18(17(10-2)11-3)21-23-14(5)20(24(21)22-8)19-13(4)15(6)25-16(19)7;1-4-5-6(2)3/h12,17,22H,9-11H2,1-8H3;4-6H,1-3H3/b18-12-;5-4+. The minimum Gasteiger partial charge on any atom is -0.466 e. The fraction of sp³-hybridized carbons (Fsp3) is 0.593. The van der Waals surface area contributed by atoms with Crippen LogP contribution in [0.15, 0.2) is 22.6 Å². The fourth-order valence-corrected chi connectivity index (χ4v) is 4.15. The zero-order valence-electron chi connectivity index (χ0n) is 21.8. The molecule has 4 nitrogen and oxygen atoms in total. The molecule has 2 rings (SSSR count). The molecule has 0 fully saturated rings. The molecule has 0 aliphatic heterocycles. The molecule has 2 aromatic heterocycles. The summed E-state index contributed by atoms with van der Waals surface area (Å²) >= 11 is 0. The van der Waals surface area contributed by atoms with E-state index in [-0.39, 0.29) is 0 Å². The average Bonchev–Trinajstić information content (AvgIpc) is 3.16. The Hall–Kier alpha value is -2.23. The Morgan fingerprint density at radius 2 is 1.68 bits per heavy atom. The second-order valence-electron chi connectivity index (χ2n) is 8.49. The largest absolute Gasteiger partial charge is 0.466 e. The first-order valence-electron chi connectivity index (χ1n) is 11.8. The molecule has 0 amide bonds. The van der Waals surface area contributed by atoms with Gasteiger partial charge in [-0.1, -0.05) is 52.8 Å². The van der Waals surface area contributed by atoms with Crippen molar-refractivity contribution in [3.8, 4) is 11.3 Å². The lowest BCUT2D eigenvalue weighted by Gasteiger charge is -2.19. The van der Waals surface area contributed by atoms with Gasteiger partial charge in [-0.25, -0.2) is 9.66 Å². The van der Waals surface area contributed by atoms with Gasteiger partial charge in [-0.05, 0) is 76.9 Å². The third kappa shape index (κ3) is 6.38. The van der Waals surface area contributed by atoms with Crippen molar-refractivity contribution in [2.45, 2.75) is 88.5 Å². The summed E-state index contributed by atoms with van der Waals surface area (Å²) in [6.07, 6.45) is 9.83.